The van der Waals surface area contributed by atoms with E-state index in [1.165, 1.54) is 64.2 Å². The molecule has 2 nitrogen and oxygen atoms in total. The van der Waals surface area contributed by atoms with Gasteiger partial charge in [-0.2, -0.15) is 0 Å². The first kappa shape index (κ1) is 20.9. The fraction of sp³-hybridized carbons (Fsp3) is 0.760. The molecule has 0 aromatic heterocycles. The van der Waals surface area contributed by atoms with Crippen molar-refractivity contribution in [3.63, 3.8) is 0 Å². The minimum atomic E-state index is 0.0905. The van der Waals surface area contributed by atoms with Crippen molar-refractivity contribution in [1.29, 1.82) is 0 Å². The van der Waals surface area contributed by atoms with Gasteiger partial charge in [-0.3, -0.25) is 0 Å². The maximum absolute atomic E-state index is 6.53. The van der Waals surface area contributed by atoms with Crippen molar-refractivity contribution in [2.75, 3.05) is 13.2 Å². The molecule has 1 aromatic carbocycles. The Kier molecular flexibility index (Phi) is 7.78. The van der Waals surface area contributed by atoms with Crippen molar-refractivity contribution < 1.29 is 4.74 Å². The van der Waals surface area contributed by atoms with Crippen molar-refractivity contribution in [2.45, 2.75) is 102 Å². The Hall–Kier alpha value is -0.860. The smallest absolute Gasteiger partial charge is 0.0466 e. The predicted molar refractivity (Wildman–Crippen MR) is 115 cm³/mol. The van der Waals surface area contributed by atoms with E-state index in [4.69, 9.17) is 10.5 Å². The van der Waals surface area contributed by atoms with Crippen molar-refractivity contribution in [3.8, 4) is 0 Å². The summed E-state index contributed by atoms with van der Waals surface area (Å²) >= 11 is 0. The van der Waals surface area contributed by atoms with Crippen molar-refractivity contribution in [1.82, 2.24) is 0 Å². The molecule has 1 saturated carbocycles. The Balaban J connectivity index is 1.44. The molecule has 0 bridgehead atoms. The highest BCUT2D eigenvalue weighted by Gasteiger charge is 2.35. The topological polar surface area (TPSA) is 35.2 Å². The highest BCUT2D eigenvalue weighted by atomic mass is 16.5. The van der Waals surface area contributed by atoms with Gasteiger partial charge in [-0.05, 0) is 86.3 Å². The summed E-state index contributed by atoms with van der Waals surface area (Å²) in [5.74, 6) is 1.58. The average molecular weight is 372 g/mol. The fourth-order valence-corrected chi connectivity index (χ4v) is 5.17. The number of hydrogen-bond donors (Lipinski definition) is 1. The van der Waals surface area contributed by atoms with Crippen LogP contribution in [0.5, 0.6) is 0 Å². The SMILES string of the molecule is CCCOCCCCC[C@@H]1CCc2cc([C@H]3CC[C@](N)(CC)C3)ccc2C1. The van der Waals surface area contributed by atoms with Crippen LogP contribution in [-0.2, 0) is 17.6 Å². The molecule has 2 aliphatic carbocycles. The third-order valence-corrected chi connectivity index (χ3v) is 7.13. The molecule has 3 rings (SSSR count). The number of ether oxygens (including phenoxy) is 1. The highest BCUT2D eigenvalue weighted by molar-refractivity contribution is 5.36. The van der Waals surface area contributed by atoms with Gasteiger partial charge in [0.1, 0.15) is 0 Å². The Labute approximate surface area is 167 Å². The van der Waals surface area contributed by atoms with E-state index in [-0.39, 0.29) is 5.54 Å². The lowest BCUT2D eigenvalue weighted by Gasteiger charge is -2.26. The quantitative estimate of drug-likeness (QED) is 0.500. The third-order valence-electron chi connectivity index (χ3n) is 7.13. The maximum atomic E-state index is 6.53. The van der Waals surface area contributed by atoms with E-state index in [0.29, 0.717) is 5.92 Å². The zero-order chi connectivity index (χ0) is 19.1. The molecular weight excluding hydrogens is 330 g/mol. The first-order chi connectivity index (χ1) is 13.1. The second-order valence-corrected chi connectivity index (χ2v) is 9.25. The maximum Gasteiger partial charge on any atom is 0.0466 e. The summed E-state index contributed by atoms with van der Waals surface area (Å²) in [7, 11) is 0. The molecule has 152 valence electrons. The lowest BCUT2D eigenvalue weighted by molar-refractivity contribution is 0.130. The van der Waals surface area contributed by atoms with Gasteiger partial charge in [0.15, 0.2) is 0 Å². The Morgan fingerprint density at radius 1 is 1.07 bits per heavy atom. The molecule has 0 unspecified atom stereocenters. The molecule has 2 N–H and O–H groups in total. The largest absolute Gasteiger partial charge is 0.381 e. The molecule has 1 aromatic rings. The number of aryl methyl sites for hydroxylation is 1. The minimum Gasteiger partial charge on any atom is -0.381 e. The first-order valence-electron chi connectivity index (χ1n) is 11.6. The first-order valence-corrected chi connectivity index (χ1v) is 11.6. The van der Waals surface area contributed by atoms with Gasteiger partial charge in [-0.25, -0.2) is 0 Å². The second-order valence-electron chi connectivity index (χ2n) is 9.25. The summed E-state index contributed by atoms with van der Waals surface area (Å²) in [5, 5.41) is 0. The predicted octanol–water partition coefficient (Wildman–Crippen LogP) is 6.15. The molecule has 2 aliphatic rings. The minimum absolute atomic E-state index is 0.0905. The van der Waals surface area contributed by atoms with Crippen molar-refractivity contribution >= 4 is 0 Å². The molecule has 27 heavy (non-hydrogen) atoms. The highest BCUT2D eigenvalue weighted by Crippen LogP contribution is 2.42. The van der Waals surface area contributed by atoms with E-state index in [1.54, 1.807) is 16.7 Å². The van der Waals surface area contributed by atoms with E-state index in [0.717, 1.165) is 32.0 Å². The number of nitrogens with two attached hydrogens (primary N) is 1. The number of rotatable bonds is 10. The second kappa shape index (κ2) is 10.1. The fourth-order valence-electron chi connectivity index (χ4n) is 5.17. The van der Waals surface area contributed by atoms with Crippen LogP contribution < -0.4 is 5.73 Å². The van der Waals surface area contributed by atoms with Gasteiger partial charge in [-0.15, -0.1) is 0 Å². The van der Waals surface area contributed by atoms with Crippen LogP contribution in [0.1, 0.15) is 101 Å². The van der Waals surface area contributed by atoms with E-state index < -0.39 is 0 Å². The van der Waals surface area contributed by atoms with Gasteiger partial charge in [0.2, 0.25) is 0 Å². The standard InChI is InChI=1S/C25H41NO/c1-3-15-27-16-7-5-6-8-20-9-10-22-18-23(12-11-21(22)17-20)24-13-14-25(26,4-2)19-24/h11-12,18,20,24H,3-10,13-17,19,26H2,1-2H3/t20-,24+,25-/m1/s1. The van der Waals surface area contributed by atoms with Crippen LogP contribution in [0.3, 0.4) is 0 Å². The zero-order valence-electron chi connectivity index (χ0n) is 17.8. The van der Waals surface area contributed by atoms with Gasteiger partial charge < -0.3 is 10.5 Å². The van der Waals surface area contributed by atoms with E-state index in [9.17, 15) is 0 Å². The number of fused-ring (bicyclic) bond motifs is 1. The molecule has 2 heteroatoms. The van der Waals surface area contributed by atoms with Gasteiger partial charge in [0.25, 0.3) is 0 Å². The van der Waals surface area contributed by atoms with Crippen LogP contribution in [0.15, 0.2) is 18.2 Å². The van der Waals surface area contributed by atoms with Crippen LogP contribution in [0.4, 0.5) is 0 Å². The number of unbranched alkanes of at least 4 members (excludes halogenated alkanes) is 2. The molecular formula is C25H41NO. The summed E-state index contributed by atoms with van der Waals surface area (Å²) in [5.41, 5.74) is 11.4. The molecule has 0 heterocycles. The Bertz CT molecular complexity index is 584. The summed E-state index contributed by atoms with van der Waals surface area (Å²) < 4.78 is 5.59. The lowest BCUT2D eigenvalue weighted by Crippen LogP contribution is -2.35. The van der Waals surface area contributed by atoms with Crippen LogP contribution >= 0.6 is 0 Å². The van der Waals surface area contributed by atoms with Crippen LogP contribution in [0.25, 0.3) is 0 Å². The van der Waals surface area contributed by atoms with E-state index >= 15 is 0 Å². The molecule has 0 radical (unpaired) electrons. The van der Waals surface area contributed by atoms with E-state index in [2.05, 4.69) is 32.0 Å². The normalized spacial score (nSPS) is 27.7. The van der Waals surface area contributed by atoms with Crippen molar-refractivity contribution in [2.24, 2.45) is 11.7 Å². The monoisotopic (exact) mass is 371 g/mol. The van der Waals surface area contributed by atoms with Crippen molar-refractivity contribution in [3.05, 3.63) is 34.9 Å². The van der Waals surface area contributed by atoms with Gasteiger partial charge >= 0.3 is 0 Å². The average Bonchev–Trinajstić information content (AvgIpc) is 3.10. The molecule has 0 spiro atoms. The molecule has 0 amide bonds. The van der Waals surface area contributed by atoms with E-state index in [1.807, 2.05) is 0 Å². The van der Waals surface area contributed by atoms with Crippen LogP contribution in [0.2, 0.25) is 0 Å². The summed E-state index contributed by atoms with van der Waals surface area (Å²) in [6.45, 7) is 6.29. The number of benzene rings is 1. The van der Waals surface area contributed by atoms with Crippen LogP contribution in [0, 0.1) is 5.92 Å². The molecule has 3 atom stereocenters. The van der Waals surface area contributed by atoms with Gasteiger partial charge in [0, 0.05) is 18.8 Å². The lowest BCUT2D eigenvalue weighted by atomic mass is 9.79. The van der Waals surface area contributed by atoms with Gasteiger partial charge in [-0.1, -0.05) is 51.3 Å². The molecule has 0 aliphatic heterocycles. The Morgan fingerprint density at radius 2 is 1.96 bits per heavy atom. The third kappa shape index (κ3) is 5.81. The summed E-state index contributed by atoms with van der Waals surface area (Å²) in [4.78, 5) is 0. The Morgan fingerprint density at radius 3 is 2.74 bits per heavy atom. The summed E-state index contributed by atoms with van der Waals surface area (Å²) in [6.07, 6.45) is 15.1. The van der Waals surface area contributed by atoms with Gasteiger partial charge in [0.05, 0.1) is 0 Å². The van der Waals surface area contributed by atoms with Crippen LogP contribution in [-0.4, -0.2) is 18.8 Å². The summed E-state index contributed by atoms with van der Waals surface area (Å²) in [6, 6.07) is 7.39. The zero-order valence-corrected chi connectivity index (χ0v) is 17.8. The molecule has 1 fully saturated rings. The number of hydrogen-bond acceptors (Lipinski definition) is 2. The molecule has 0 saturated heterocycles.